The molecule has 8 heteroatoms. The molecular formula is C23H31NO6S. The highest BCUT2D eigenvalue weighted by Crippen LogP contribution is 2.34. The van der Waals surface area contributed by atoms with Crippen molar-refractivity contribution in [3.05, 3.63) is 28.7 Å². The number of carboxylic acids is 1. The molecule has 0 atom stereocenters. The number of thioether (sulfide) groups is 1. The molecule has 1 aliphatic rings. The quantitative estimate of drug-likeness (QED) is 0.303. The van der Waals surface area contributed by atoms with Crippen LogP contribution in [0.4, 0.5) is 4.79 Å². The zero-order valence-electron chi connectivity index (χ0n) is 18.2. The monoisotopic (exact) mass is 449 g/mol. The predicted octanol–water partition coefficient (Wildman–Crippen LogP) is 5.34. The summed E-state index contributed by atoms with van der Waals surface area (Å²) in [7, 11) is 0. The Labute approximate surface area is 187 Å². The van der Waals surface area contributed by atoms with Gasteiger partial charge >= 0.3 is 5.97 Å². The van der Waals surface area contributed by atoms with E-state index in [4.69, 9.17) is 14.6 Å². The second kappa shape index (κ2) is 13.0. The van der Waals surface area contributed by atoms with Crippen LogP contribution in [-0.2, 0) is 9.59 Å². The second-order valence-corrected chi connectivity index (χ2v) is 8.23. The fourth-order valence-electron chi connectivity index (χ4n) is 3.12. The minimum absolute atomic E-state index is 0.132. The van der Waals surface area contributed by atoms with E-state index < -0.39 is 17.1 Å². The van der Waals surface area contributed by atoms with Gasteiger partial charge in [0.15, 0.2) is 11.5 Å². The minimum atomic E-state index is -1.05. The van der Waals surface area contributed by atoms with Gasteiger partial charge in [-0.1, -0.05) is 45.1 Å². The highest BCUT2D eigenvalue weighted by molar-refractivity contribution is 8.18. The first kappa shape index (κ1) is 24.8. The van der Waals surface area contributed by atoms with E-state index in [9.17, 15) is 14.4 Å². The standard InChI is InChI=1S/C23H31NO6S/c1-3-5-6-7-8-9-14-30-18-11-10-17(15-19(18)29-4-2)16-20-22(27)24(23(28)31-20)13-12-21(25)26/h10-11,15-16H,3-9,12-14H2,1-2H3,(H,25,26). The Kier molecular flexibility index (Phi) is 10.4. The van der Waals surface area contributed by atoms with Crippen LogP contribution in [-0.4, -0.2) is 46.9 Å². The highest BCUT2D eigenvalue weighted by Gasteiger charge is 2.35. The number of carbonyl (C=O) groups is 3. The molecule has 0 spiro atoms. The lowest BCUT2D eigenvalue weighted by Crippen LogP contribution is -2.30. The Bertz CT molecular complexity index is 807. The molecule has 1 saturated heterocycles. The Morgan fingerprint density at radius 1 is 1.06 bits per heavy atom. The van der Waals surface area contributed by atoms with Gasteiger partial charge in [-0.15, -0.1) is 0 Å². The molecule has 2 rings (SSSR count). The molecule has 0 unspecified atom stereocenters. The molecule has 1 fully saturated rings. The average molecular weight is 450 g/mol. The van der Waals surface area contributed by atoms with E-state index in [1.807, 2.05) is 19.1 Å². The number of ether oxygens (including phenoxy) is 2. The van der Waals surface area contributed by atoms with Crippen molar-refractivity contribution in [3.63, 3.8) is 0 Å². The minimum Gasteiger partial charge on any atom is -0.490 e. The topological polar surface area (TPSA) is 93.1 Å². The Morgan fingerprint density at radius 3 is 2.52 bits per heavy atom. The van der Waals surface area contributed by atoms with E-state index in [1.54, 1.807) is 12.1 Å². The van der Waals surface area contributed by atoms with Crippen molar-refractivity contribution in [2.24, 2.45) is 0 Å². The van der Waals surface area contributed by atoms with Crippen LogP contribution in [0.5, 0.6) is 11.5 Å². The first-order chi connectivity index (χ1) is 15.0. The van der Waals surface area contributed by atoms with E-state index in [1.165, 1.54) is 25.7 Å². The summed E-state index contributed by atoms with van der Waals surface area (Å²) in [6.07, 6.45) is 8.45. The smallest absolute Gasteiger partial charge is 0.305 e. The lowest BCUT2D eigenvalue weighted by atomic mass is 10.1. The lowest BCUT2D eigenvalue weighted by molar-refractivity contribution is -0.137. The molecular weight excluding hydrogens is 418 g/mol. The van der Waals surface area contributed by atoms with Crippen LogP contribution in [0.25, 0.3) is 6.08 Å². The molecule has 0 bridgehead atoms. The second-order valence-electron chi connectivity index (χ2n) is 7.23. The van der Waals surface area contributed by atoms with Crippen LogP contribution >= 0.6 is 11.8 Å². The number of imide groups is 1. The van der Waals surface area contributed by atoms with Gasteiger partial charge in [0.2, 0.25) is 0 Å². The van der Waals surface area contributed by atoms with E-state index in [-0.39, 0.29) is 17.9 Å². The molecule has 0 aromatic heterocycles. The normalized spacial score (nSPS) is 15.0. The van der Waals surface area contributed by atoms with Gasteiger partial charge in [0.05, 0.1) is 24.5 Å². The van der Waals surface area contributed by atoms with Crippen LogP contribution in [0, 0.1) is 0 Å². The van der Waals surface area contributed by atoms with Crippen LogP contribution in [0.2, 0.25) is 0 Å². The lowest BCUT2D eigenvalue weighted by Gasteiger charge is -2.13. The molecule has 1 N–H and O–H groups in total. The van der Waals surface area contributed by atoms with Gasteiger partial charge in [0, 0.05) is 6.54 Å². The van der Waals surface area contributed by atoms with Crippen molar-refractivity contribution in [2.45, 2.75) is 58.8 Å². The first-order valence-corrected chi connectivity index (χ1v) is 11.6. The maximum atomic E-state index is 12.4. The zero-order valence-corrected chi connectivity index (χ0v) is 19.0. The third-order valence-corrected chi connectivity index (χ3v) is 5.65. The summed E-state index contributed by atoms with van der Waals surface area (Å²) in [5.41, 5.74) is 0.708. The number of aliphatic carboxylic acids is 1. The number of carbonyl (C=O) groups excluding carboxylic acids is 2. The summed E-state index contributed by atoms with van der Waals surface area (Å²) < 4.78 is 11.6. The van der Waals surface area contributed by atoms with Crippen molar-refractivity contribution >= 4 is 35.0 Å². The number of benzene rings is 1. The predicted molar refractivity (Wildman–Crippen MR) is 121 cm³/mol. The van der Waals surface area contributed by atoms with E-state index >= 15 is 0 Å². The highest BCUT2D eigenvalue weighted by atomic mass is 32.2. The zero-order chi connectivity index (χ0) is 22.6. The fourth-order valence-corrected chi connectivity index (χ4v) is 3.98. The molecule has 1 aromatic carbocycles. The summed E-state index contributed by atoms with van der Waals surface area (Å²) in [6, 6.07) is 5.40. The first-order valence-electron chi connectivity index (χ1n) is 10.8. The fraction of sp³-hybridized carbons (Fsp3) is 0.522. The number of rotatable bonds is 14. The number of carboxylic acid groups (broad SMARTS) is 1. The summed E-state index contributed by atoms with van der Waals surface area (Å²) in [6.45, 7) is 5.05. The van der Waals surface area contributed by atoms with E-state index in [0.29, 0.717) is 30.3 Å². The molecule has 1 aliphatic heterocycles. The number of hydrogen-bond acceptors (Lipinski definition) is 6. The number of hydrogen-bond donors (Lipinski definition) is 1. The van der Waals surface area contributed by atoms with Gasteiger partial charge in [-0.2, -0.15) is 0 Å². The SMILES string of the molecule is CCCCCCCCOc1ccc(C=C2SC(=O)N(CCC(=O)O)C2=O)cc1OCC. The van der Waals surface area contributed by atoms with E-state index in [2.05, 4.69) is 6.92 Å². The van der Waals surface area contributed by atoms with Gasteiger partial charge in [-0.25, -0.2) is 0 Å². The van der Waals surface area contributed by atoms with Gasteiger partial charge < -0.3 is 14.6 Å². The summed E-state index contributed by atoms with van der Waals surface area (Å²) in [5, 5.41) is 8.33. The molecule has 170 valence electrons. The molecule has 2 amide bonds. The van der Waals surface area contributed by atoms with E-state index in [0.717, 1.165) is 29.5 Å². The van der Waals surface area contributed by atoms with Crippen molar-refractivity contribution in [1.29, 1.82) is 0 Å². The van der Waals surface area contributed by atoms with Crippen molar-refractivity contribution in [1.82, 2.24) is 4.90 Å². The van der Waals surface area contributed by atoms with Crippen LogP contribution < -0.4 is 9.47 Å². The molecule has 1 heterocycles. The maximum absolute atomic E-state index is 12.4. The van der Waals surface area contributed by atoms with Crippen LogP contribution in [0.15, 0.2) is 23.1 Å². The Morgan fingerprint density at radius 2 is 1.81 bits per heavy atom. The average Bonchev–Trinajstić information content (AvgIpc) is 2.99. The van der Waals surface area contributed by atoms with Gasteiger partial charge in [0.1, 0.15) is 0 Å². The number of unbranched alkanes of at least 4 members (excludes halogenated alkanes) is 5. The molecule has 0 saturated carbocycles. The number of amides is 2. The third kappa shape index (κ3) is 7.94. The van der Waals surface area contributed by atoms with Crippen LogP contribution in [0.3, 0.4) is 0 Å². The van der Waals surface area contributed by atoms with Crippen molar-refractivity contribution in [2.75, 3.05) is 19.8 Å². The maximum Gasteiger partial charge on any atom is 0.305 e. The van der Waals surface area contributed by atoms with Gasteiger partial charge in [-0.05, 0) is 48.9 Å². The van der Waals surface area contributed by atoms with Crippen molar-refractivity contribution in [3.8, 4) is 11.5 Å². The third-order valence-electron chi connectivity index (χ3n) is 4.74. The van der Waals surface area contributed by atoms with Crippen molar-refractivity contribution < 1.29 is 29.0 Å². The molecule has 31 heavy (non-hydrogen) atoms. The largest absolute Gasteiger partial charge is 0.490 e. The Hall–Kier alpha value is -2.48. The summed E-state index contributed by atoms with van der Waals surface area (Å²) >= 11 is 0.810. The van der Waals surface area contributed by atoms with Gasteiger partial charge in [-0.3, -0.25) is 19.3 Å². The Balaban J connectivity index is 2.00. The number of nitrogens with zero attached hydrogens (tertiary/aromatic N) is 1. The summed E-state index contributed by atoms with van der Waals surface area (Å²) in [5.74, 6) is -0.284. The summed E-state index contributed by atoms with van der Waals surface area (Å²) in [4.78, 5) is 36.4. The molecule has 0 radical (unpaired) electrons. The molecule has 0 aliphatic carbocycles. The van der Waals surface area contributed by atoms with Gasteiger partial charge in [0.25, 0.3) is 11.1 Å². The molecule has 7 nitrogen and oxygen atoms in total. The van der Waals surface area contributed by atoms with Crippen LogP contribution in [0.1, 0.15) is 64.4 Å². The molecule has 1 aromatic rings.